The molecule has 3 aromatic rings. The number of hydrogen-bond acceptors (Lipinski definition) is 6. The third-order valence-electron chi connectivity index (χ3n) is 4.13. The van der Waals surface area contributed by atoms with Gasteiger partial charge in [0, 0.05) is 25.1 Å². The van der Waals surface area contributed by atoms with Crippen molar-refractivity contribution in [3.8, 4) is 17.1 Å². The Hall–Kier alpha value is -2.68. The number of imidazole rings is 1. The van der Waals surface area contributed by atoms with E-state index in [9.17, 15) is 13.9 Å². The van der Waals surface area contributed by atoms with E-state index in [0.29, 0.717) is 11.3 Å². The van der Waals surface area contributed by atoms with Crippen LogP contribution in [-0.4, -0.2) is 53.0 Å². The lowest BCUT2D eigenvalue weighted by atomic mass is 9.76. The molecule has 0 atom stereocenters. The van der Waals surface area contributed by atoms with Gasteiger partial charge in [0.25, 0.3) is 0 Å². The topological polar surface area (TPSA) is 84.6 Å². The summed E-state index contributed by atoms with van der Waals surface area (Å²) in [4.78, 5) is 8.14. The summed E-state index contributed by atoms with van der Waals surface area (Å²) >= 11 is 0. The van der Waals surface area contributed by atoms with Gasteiger partial charge in [0.1, 0.15) is 28.4 Å². The van der Waals surface area contributed by atoms with Crippen molar-refractivity contribution in [2.75, 3.05) is 12.4 Å². The number of aromatic nitrogens is 4. The number of nitrogens with one attached hydrogen (secondary N) is 1. The van der Waals surface area contributed by atoms with Crippen LogP contribution in [0.25, 0.3) is 17.0 Å². The highest BCUT2D eigenvalue weighted by atomic mass is 19.1. The Kier molecular flexibility index (Phi) is 4.06. The average molecular weight is 367 g/mol. The summed E-state index contributed by atoms with van der Waals surface area (Å²) in [5.41, 5.74) is -1.43. The summed E-state index contributed by atoms with van der Waals surface area (Å²) in [5, 5.41) is 16.6. The van der Waals surface area contributed by atoms with Gasteiger partial charge in [-0.15, -0.1) is 0 Å². The van der Waals surface area contributed by atoms with Crippen LogP contribution in [0.1, 0.15) is 24.5 Å². The lowest BCUT2D eigenvalue weighted by Crippen LogP contribution is -2.37. The van der Waals surface area contributed by atoms with Crippen LogP contribution in [0.5, 0.6) is 5.75 Å². The van der Waals surface area contributed by atoms with Crippen molar-refractivity contribution in [3.63, 3.8) is 0 Å². The van der Waals surface area contributed by atoms with Crippen LogP contribution in [0.15, 0.2) is 18.3 Å². The average Bonchev–Trinajstić information content (AvgIpc) is 3.34. The summed E-state index contributed by atoms with van der Waals surface area (Å²) in [5.74, 6) is -1.46. The second kappa shape index (κ2) is 6.19. The lowest BCUT2D eigenvalue weighted by Gasteiger charge is -2.23. The summed E-state index contributed by atoms with van der Waals surface area (Å²) in [6, 6.07) is 2.24. The second-order valence-electron chi connectivity index (χ2n) is 6.33. The highest BCUT2D eigenvalue weighted by molar-refractivity contribution is 6.37. The van der Waals surface area contributed by atoms with Gasteiger partial charge in [-0.05, 0) is 12.8 Å². The minimum Gasteiger partial charge on any atom is -0.480 e. The first-order chi connectivity index (χ1) is 12.8. The van der Waals surface area contributed by atoms with Crippen molar-refractivity contribution in [2.45, 2.75) is 24.3 Å². The van der Waals surface area contributed by atoms with Crippen LogP contribution in [0.2, 0.25) is 0 Å². The molecule has 0 aromatic carbocycles. The van der Waals surface area contributed by atoms with E-state index in [4.69, 9.17) is 20.4 Å². The molecule has 7 nitrogen and oxygen atoms in total. The van der Waals surface area contributed by atoms with Gasteiger partial charge in [0.15, 0.2) is 38.8 Å². The van der Waals surface area contributed by atoms with E-state index in [2.05, 4.69) is 20.4 Å². The maximum Gasteiger partial charge on any atom is 0.168 e. The molecule has 11 heteroatoms. The van der Waals surface area contributed by atoms with Crippen LogP contribution < -0.4 is 10.1 Å². The molecule has 3 aromatic heterocycles. The highest BCUT2D eigenvalue weighted by Gasteiger charge is 2.31. The third kappa shape index (κ3) is 3.34. The number of pyridine rings is 1. The first kappa shape index (κ1) is 17.7. The van der Waals surface area contributed by atoms with Crippen LogP contribution >= 0.6 is 0 Å². The first-order valence-corrected chi connectivity index (χ1v) is 8.19. The Labute approximate surface area is 155 Å². The third-order valence-corrected chi connectivity index (χ3v) is 4.13. The fraction of sp³-hybridized carbons (Fsp3) is 0.312. The van der Waals surface area contributed by atoms with Crippen LogP contribution in [0.3, 0.4) is 0 Å². The molecule has 2 N–H and O–H groups in total. The molecule has 134 valence electrons. The molecule has 0 aliphatic heterocycles. The molecule has 27 heavy (non-hydrogen) atoms. The molecule has 0 saturated heterocycles. The molecular formula is C16H13B2F2N5O2. The van der Waals surface area contributed by atoms with Gasteiger partial charge in [-0.25, -0.2) is 23.3 Å². The summed E-state index contributed by atoms with van der Waals surface area (Å²) in [6.45, 7) is 0. The van der Waals surface area contributed by atoms with Gasteiger partial charge in [-0.2, -0.15) is 5.10 Å². The van der Waals surface area contributed by atoms with Gasteiger partial charge in [0.2, 0.25) is 0 Å². The predicted octanol–water partition coefficient (Wildman–Crippen LogP) is 1.31. The Morgan fingerprint density at radius 1 is 1.30 bits per heavy atom. The number of anilines is 1. The van der Waals surface area contributed by atoms with Crippen molar-refractivity contribution in [2.24, 2.45) is 0 Å². The number of aliphatic hydroxyl groups is 1. The highest BCUT2D eigenvalue weighted by Crippen LogP contribution is 2.44. The molecule has 4 rings (SSSR count). The minimum absolute atomic E-state index is 0.0972. The quantitative estimate of drug-likeness (QED) is 0.523. The molecule has 1 saturated carbocycles. The fourth-order valence-electron chi connectivity index (χ4n) is 2.79. The van der Waals surface area contributed by atoms with E-state index in [1.54, 1.807) is 0 Å². The molecule has 0 unspecified atom stereocenters. The lowest BCUT2D eigenvalue weighted by molar-refractivity contribution is 0.0116. The standard InChI is InChI=1S/C16H13B2F2N5O2/c1-21-15-9(20)4-8(19)14(23-15)10-6-22-12-5-11(27-16(17,18)26)13(7-2-3-7)24-25(10)12/h4-7,26H,2-3H2,1H3,(H,21,23). The Bertz CT molecular complexity index is 1030. The van der Waals surface area contributed by atoms with E-state index in [1.807, 2.05) is 0 Å². The molecule has 4 radical (unpaired) electrons. The van der Waals surface area contributed by atoms with E-state index in [0.717, 1.165) is 18.9 Å². The SMILES string of the molecule is [B]C([B])(O)Oc1cc2ncc(-c3nc(NC)c(F)cc3F)n2nc1C1CC1. The normalized spacial score (nSPS) is 14.5. The molecule has 1 aliphatic rings. The predicted molar refractivity (Wildman–Crippen MR) is 94.7 cm³/mol. The van der Waals surface area contributed by atoms with Crippen molar-refractivity contribution in [1.29, 1.82) is 0 Å². The molecule has 0 spiro atoms. The Balaban J connectivity index is 1.88. The molecule has 0 amide bonds. The van der Waals surface area contributed by atoms with Gasteiger partial charge < -0.3 is 15.2 Å². The fourth-order valence-corrected chi connectivity index (χ4v) is 2.79. The number of ether oxygens (including phenoxy) is 1. The molecule has 0 bridgehead atoms. The molecule has 1 fully saturated rings. The summed E-state index contributed by atoms with van der Waals surface area (Å²) in [6.07, 6.45) is 3.11. The van der Waals surface area contributed by atoms with Crippen molar-refractivity contribution in [3.05, 3.63) is 35.7 Å². The molecule has 3 heterocycles. The zero-order chi connectivity index (χ0) is 19.3. The number of rotatable bonds is 5. The largest absolute Gasteiger partial charge is 0.480 e. The number of nitrogens with zero attached hydrogens (tertiary/aromatic N) is 4. The number of halogens is 2. The molecular weight excluding hydrogens is 354 g/mol. The number of hydrogen-bond donors (Lipinski definition) is 2. The van der Waals surface area contributed by atoms with Crippen LogP contribution in [0, 0.1) is 11.6 Å². The van der Waals surface area contributed by atoms with E-state index in [-0.39, 0.29) is 28.9 Å². The van der Waals surface area contributed by atoms with Crippen LogP contribution in [-0.2, 0) is 0 Å². The van der Waals surface area contributed by atoms with E-state index >= 15 is 0 Å². The van der Waals surface area contributed by atoms with Crippen LogP contribution in [0.4, 0.5) is 14.6 Å². The Morgan fingerprint density at radius 2 is 2.04 bits per heavy atom. The smallest absolute Gasteiger partial charge is 0.168 e. The van der Waals surface area contributed by atoms with E-state index < -0.39 is 17.2 Å². The minimum atomic E-state index is -2.37. The maximum absolute atomic E-state index is 14.3. The summed E-state index contributed by atoms with van der Waals surface area (Å²) < 4.78 is 34.6. The van der Waals surface area contributed by atoms with Crippen molar-refractivity contribution in [1.82, 2.24) is 19.6 Å². The van der Waals surface area contributed by atoms with Gasteiger partial charge in [0.05, 0.1) is 6.20 Å². The van der Waals surface area contributed by atoms with Crippen molar-refractivity contribution >= 4 is 27.2 Å². The first-order valence-electron chi connectivity index (χ1n) is 8.19. The number of fused-ring (bicyclic) bond motifs is 1. The zero-order valence-corrected chi connectivity index (χ0v) is 14.3. The van der Waals surface area contributed by atoms with Crippen molar-refractivity contribution < 1.29 is 18.6 Å². The van der Waals surface area contributed by atoms with Gasteiger partial charge in [-0.1, -0.05) is 0 Å². The Morgan fingerprint density at radius 3 is 2.67 bits per heavy atom. The summed E-state index contributed by atoms with van der Waals surface area (Å²) in [7, 11) is 12.1. The van der Waals surface area contributed by atoms with Gasteiger partial charge in [-0.3, -0.25) is 0 Å². The van der Waals surface area contributed by atoms with Gasteiger partial charge >= 0.3 is 0 Å². The molecule has 1 aliphatic carbocycles. The second-order valence-corrected chi connectivity index (χ2v) is 6.33. The maximum atomic E-state index is 14.3. The van der Waals surface area contributed by atoms with E-state index in [1.165, 1.54) is 23.8 Å². The monoisotopic (exact) mass is 367 g/mol. The zero-order valence-electron chi connectivity index (χ0n) is 14.3.